The molecule has 0 bridgehead atoms. The van der Waals surface area contributed by atoms with Crippen LogP contribution in [0.25, 0.3) is 0 Å². The lowest BCUT2D eigenvalue weighted by molar-refractivity contribution is -0.144. The van der Waals surface area contributed by atoms with E-state index < -0.39 is 5.54 Å². The van der Waals surface area contributed by atoms with Crippen LogP contribution in [0.2, 0.25) is 0 Å². The maximum Gasteiger partial charge on any atom is 0.242 e. The Hall–Kier alpha value is -0.650. The SMILES string of the molecule is CC1(C)CN(CCOCCCN)C(=O)C(C)(C)N1. The van der Waals surface area contributed by atoms with Crippen molar-refractivity contribution in [3.8, 4) is 0 Å². The van der Waals surface area contributed by atoms with E-state index in [0.717, 1.165) is 13.0 Å². The third-order valence-electron chi connectivity index (χ3n) is 3.06. The van der Waals surface area contributed by atoms with Crippen molar-refractivity contribution < 1.29 is 9.53 Å². The summed E-state index contributed by atoms with van der Waals surface area (Å²) in [6.07, 6.45) is 0.868. The number of piperazine rings is 1. The van der Waals surface area contributed by atoms with Gasteiger partial charge in [0.05, 0.1) is 12.1 Å². The van der Waals surface area contributed by atoms with Crippen LogP contribution in [0.1, 0.15) is 34.1 Å². The van der Waals surface area contributed by atoms with Gasteiger partial charge in [0.1, 0.15) is 0 Å². The molecule has 0 aromatic heterocycles. The van der Waals surface area contributed by atoms with Gasteiger partial charge < -0.3 is 15.4 Å². The minimum absolute atomic E-state index is 0.0608. The summed E-state index contributed by atoms with van der Waals surface area (Å²) >= 11 is 0. The van der Waals surface area contributed by atoms with Gasteiger partial charge in [-0.1, -0.05) is 0 Å². The summed E-state index contributed by atoms with van der Waals surface area (Å²) in [7, 11) is 0. The molecule has 0 saturated carbocycles. The maximum atomic E-state index is 12.2. The van der Waals surface area contributed by atoms with Crippen molar-refractivity contribution in [2.75, 3.05) is 32.8 Å². The zero-order chi connectivity index (χ0) is 13.8. The molecule has 1 rings (SSSR count). The fourth-order valence-electron chi connectivity index (χ4n) is 2.53. The molecule has 0 spiro atoms. The van der Waals surface area contributed by atoms with Crippen LogP contribution in [0, 0.1) is 0 Å². The smallest absolute Gasteiger partial charge is 0.242 e. The Kier molecular flexibility index (Phi) is 5.13. The molecule has 1 saturated heterocycles. The molecule has 1 heterocycles. The highest BCUT2D eigenvalue weighted by atomic mass is 16.5. The second-order valence-corrected chi connectivity index (χ2v) is 6.12. The standard InChI is InChI=1S/C13H27N3O2/c1-12(2)10-16(7-9-18-8-5-6-14)11(17)13(3,4)15-12/h15H,5-10,14H2,1-4H3. The lowest BCUT2D eigenvalue weighted by Crippen LogP contribution is -2.69. The number of nitrogens with one attached hydrogen (secondary N) is 1. The van der Waals surface area contributed by atoms with E-state index in [1.165, 1.54) is 0 Å². The third-order valence-corrected chi connectivity index (χ3v) is 3.06. The molecule has 5 nitrogen and oxygen atoms in total. The number of hydrogen-bond donors (Lipinski definition) is 2. The molecule has 5 heteroatoms. The van der Waals surface area contributed by atoms with Crippen molar-refractivity contribution in [3.05, 3.63) is 0 Å². The fourth-order valence-corrected chi connectivity index (χ4v) is 2.53. The minimum Gasteiger partial charge on any atom is -0.380 e. The first kappa shape index (κ1) is 15.4. The summed E-state index contributed by atoms with van der Waals surface area (Å²) in [5, 5.41) is 3.37. The molecule has 0 aromatic rings. The number of rotatable bonds is 6. The molecular weight excluding hydrogens is 230 g/mol. The molecule has 0 atom stereocenters. The highest BCUT2D eigenvalue weighted by Gasteiger charge is 2.42. The van der Waals surface area contributed by atoms with E-state index in [9.17, 15) is 4.79 Å². The average molecular weight is 257 g/mol. The van der Waals surface area contributed by atoms with Crippen LogP contribution in [0.4, 0.5) is 0 Å². The topological polar surface area (TPSA) is 67.6 Å². The third kappa shape index (κ3) is 4.23. The average Bonchev–Trinajstić information content (AvgIpc) is 2.23. The Morgan fingerprint density at radius 1 is 1.33 bits per heavy atom. The number of nitrogens with two attached hydrogens (primary N) is 1. The molecule has 0 unspecified atom stereocenters. The first-order valence-electron chi connectivity index (χ1n) is 6.65. The molecular formula is C13H27N3O2. The number of nitrogens with zero attached hydrogens (tertiary/aromatic N) is 1. The molecule has 1 amide bonds. The predicted molar refractivity (Wildman–Crippen MR) is 72.4 cm³/mol. The first-order chi connectivity index (χ1) is 8.28. The quantitative estimate of drug-likeness (QED) is 0.673. The summed E-state index contributed by atoms with van der Waals surface area (Å²) in [5.74, 6) is 0.143. The van der Waals surface area contributed by atoms with E-state index in [1.54, 1.807) is 0 Å². The number of ether oxygens (including phenoxy) is 1. The molecule has 1 aliphatic rings. The number of carbonyl (C=O) groups excluding carboxylic acids is 1. The van der Waals surface area contributed by atoms with Crippen molar-refractivity contribution in [1.82, 2.24) is 10.2 Å². The van der Waals surface area contributed by atoms with Crippen LogP contribution >= 0.6 is 0 Å². The van der Waals surface area contributed by atoms with E-state index >= 15 is 0 Å². The maximum absolute atomic E-state index is 12.2. The van der Waals surface area contributed by atoms with Gasteiger partial charge in [0.25, 0.3) is 0 Å². The Morgan fingerprint density at radius 2 is 2.00 bits per heavy atom. The normalized spacial score (nSPS) is 22.3. The lowest BCUT2D eigenvalue weighted by Gasteiger charge is -2.47. The summed E-state index contributed by atoms with van der Waals surface area (Å²) in [5.41, 5.74) is 4.83. The van der Waals surface area contributed by atoms with Gasteiger partial charge in [-0.25, -0.2) is 0 Å². The van der Waals surface area contributed by atoms with Crippen LogP contribution < -0.4 is 11.1 Å². The van der Waals surface area contributed by atoms with Gasteiger partial charge in [-0.15, -0.1) is 0 Å². The van der Waals surface area contributed by atoms with E-state index in [1.807, 2.05) is 18.7 Å². The molecule has 1 aliphatic heterocycles. The van der Waals surface area contributed by atoms with E-state index in [0.29, 0.717) is 26.3 Å². The zero-order valence-corrected chi connectivity index (χ0v) is 12.1. The van der Waals surface area contributed by atoms with Crippen molar-refractivity contribution in [1.29, 1.82) is 0 Å². The Morgan fingerprint density at radius 3 is 2.61 bits per heavy atom. The summed E-state index contributed by atoms with van der Waals surface area (Å²) in [6, 6.07) is 0. The first-order valence-corrected chi connectivity index (χ1v) is 6.65. The second kappa shape index (κ2) is 5.99. The van der Waals surface area contributed by atoms with Gasteiger partial charge in [0.15, 0.2) is 0 Å². The minimum atomic E-state index is -0.501. The fraction of sp³-hybridized carbons (Fsp3) is 0.923. The Balaban J connectivity index is 2.46. The summed E-state index contributed by atoms with van der Waals surface area (Å²) in [4.78, 5) is 14.1. The largest absolute Gasteiger partial charge is 0.380 e. The van der Waals surface area contributed by atoms with Gasteiger partial charge in [0, 0.05) is 25.2 Å². The lowest BCUT2D eigenvalue weighted by atomic mass is 9.91. The van der Waals surface area contributed by atoms with Crippen LogP contribution in [0.5, 0.6) is 0 Å². The van der Waals surface area contributed by atoms with Crippen LogP contribution in [0.3, 0.4) is 0 Å². The van der Waals surface area contributed by atoms with Gasteiger partial charge >= 0.3 is 0 Å². The van der Waals surface area contributed by atoms with Gasteiger partial charge in [-0.3, -0.25) is 10.1 Å². The molecule has 0 aliphatic carbocycles. The molecule has 0 aromatic carbocycles. The predicted octanol–water partition coefficient (Wildman–Crippen LogP) is 0.341. The highest BCUT2D eigenvalue weighted by molar-refractivity contribution is 5.86. The number of carbonyl (C=O) groups is 1. The number of amides is 1. The molecule has 3 N–H and O–H groups in total. The van der Waals surface area contributed by atoms with E-state index in [-0.39, 0.29) is 11.4 Å². The van der Waals surface area contributed by atoms with E-state index in [4.69, 9.17) is 10.5 Å². The Labute approximate surface area is 110 Å². The highest BCUT2D eigenvalue weighted by Crippen LogP contribution is 2.21. The van der Waals surface area contributed by atoms with Gasteiger partial charge in [-0.2, -0.15) is 0 Å². The number of hydrogen-bond acceptors (Lipinski definition) is 4. The molecule has 18 heavy (non-hydrogen) atoms. The molecule has 1 fully saturated rings. The summed E-state index contributed by atoms with van der Waals surface area (Å²) in [6.45, 7) is 11.4. The van der Waals surface area contributed by atoms with E-state index in [2.05, 4.69) is 19.2 Å². The van der Waals surface area contributed by atoms with Crippen molar-refractivity contribution >= 4 is 5.91 Å². The second-order valence-electron chi connectivity index (χ2n) is 6.12. The Bertz CT molecular complexity index is 290. The van der Waals surface area contributed by atoms with Gasteiger partial charge in [0.2, 0.25) is 5.91 Å². The van der Waals surface area contributed by atoms with Gasteiger partial charge in [-0.05, 0) is 40.7 Å². The summed E-state index contributed by atoms with van der Waals surface area (Å²) < 4.78 is 5.47. The van der Waals surface area contributed by atoms with Crippen LogP contribution in [-0.4, -0.2) is 54.7 Å². The zero-order valence-electron chi connectivity index (χ0n) is 12.1. The monoisotopic (exact) mass is 257 g/mol. The van der Waals surface area contributed by atoms with Crippen molar-refractivity contribution in [3.63, 3.8) is 0 Å². The van der Waals surface area contributed by atoms with Crippen molar-refractivity contribution in [2.45, 2.75) is 45.2 Å². The van der Waals surface area contributed by atoms with Crippen molar-refractivity contribution in [2.24, 2.45) is 5.73 Å². The van der Waals surface area contributed by atoms with Crippen LogP contribution in [-0.2, 0) is 9.53 Å². The molecule has 106 valence electrons. The van der Waals surface area contributed by atoms with Crippen LogP contribution in [0.15, 0.2) is 0 Å². The molecule has 0 radical (unpaired) electrons.